The third-order valence-corrected chi connectivity index (χ3v) is 5.09. The van der Waals surface area contributed by atoms with E-state index in [1.54, 1.807) is 21.2 Å². The lowest BCUT2D eigenvalue weighted by atomic mass is 10.0. The summed E-state index contributed by atoms with van der Waals surface area (Å²) in [4.78, 5) is 18.1. The van der Waals surface area contributed by atoms with E-state index in [0.717, 1.165) is 17.7 Å². The molecule has 2 N–H and O–H groups in total. The van der Waals surface area contributed by atoms with E-state index in [1.165, 1.54) is 4.90 Å². The average Bonchev–Trinajstić information content (AvgIpc) is 2.81. The van der Waals surface area contributed by atoms with E-state index in [1.807, 2.05) is 55.5 Å². The molecule has 3 rings (SSSR count). The lowest BCUT2D eigenvalue weighted by Gasteiger charge is -2.28. The monoisotopic (exact) mass is 568 g/mol. The van der Waals surface area contributed by atoms with E-state index in [9.17, 15) is 4.79 Å². The van der Waals surface area contributed by atoms with Gasteiger partial charge in [-0.15, -0.1) is 24.0 Å². The van der Waals surface area contributed by atoms with E-state index >= 15 is 0 Å². The first-order valence-corrected chi connectivity index (χ1v) is 10.7. The topological polar surface area (TPSA) is 84.4 Å². The van der Waals surface area contributed by atoms with Gasteiger partial charge in [-0.2, -0.15) is 0 Å². The SMILES string of the molecule is COc1ccccc1OC(C)CNC(=NCC(=O)N(C)C)NC1CCOc2ccccc21.I. The van der Waals surface area contributed by atoms with E-state index < -0.39 is 0 Å². The van der Waals surface area contributed by atoms with Gasteiger partial charge in [-0.05, 0) is 25.1 Å². The molecule has 1 amide bonds. The minimum Gasteiger partial charge on any atom is -0.493 e. The number of fused-ring (bicyclic) bond motifs is 1. The number of methoxy groups -OCH3 is 1. The van der Waals surface area contributed by atoms with Gasteiger partial charge >= 0.3 is 0 Å². The smallest absolute Gasteiger partial charge is 0.243 e. The fraction of sp³-hybridized carbons (Fsp3) is 0.417. The van der Waals surface area contributed by atoms with Crippen molar-refractivity contribution in [2.75, 3.05) is 40.9 Å². The minimum absolute atomic E-state index is 0. The van der Waals surface area contributed by atoms with Crippen LogP contribution >= 0.6 is 24.0 Å². The van der Waals surface area contributed by atoms with Crippen LogP contribution in [-0.2, 0) is 4.79 Å². The van der Waals surface area contributed by atoms with E-state index in [-0.39, 0.29) is 48.6 Å². The van der Waals surface area contributed by atoms with Crippen molar-refractivity contribution in [3.8, 4) is 17.2 Å². The number of guanidine groups is 1. The Morgan fingerprint density at radius 2 is 1.88 bits per heavy atom. The number of carbonyl (C=O) groups excluding carboxylic acids is 1. The number of carbonyl (C=O) groups is 1. The van der Waals surface area contributed by atoms with Crippen molar-refractivity contribution in [3.63, 3.8) is 0 Å². The Balaban J connectivity index is 0.00000385. The zero-order valence-corrected chi connectivity index (χ0v) is 21.9. The molecule has 0 saturated heterocycles. The van der Waals surface area contributed by atoms with Gasteiger partial charge in [0.1, 0.15) is 18.4 Å². The summed E-state index contributed by atoms with van der Waals surface area (Å²) < 4.78 is 17.1. The molecule has 0 fully saturated rings. The molecule has 2 aromatic carbocycles. The third kappa shape index (κ3) is 7.69. The highest BCUT2D eigenvalue weighted by molar-refractivity contribution is 14.0. The number of halogens is 1. The van der Waals surface area contributed by atoms with Crippen LogP contribution in [0.5, 0.6) is 17.2 Å². The van der Waals surface area contributed by atoms with Crippen LogP contribution < -0.4 is 24.8 Å². The lowest BCUT2D eigenvalue weighted by molar-refractivity contribution is -0.127. The van der Waals surface area contributed by atoms with Crippen LogP contribution in [0.3, 0.4) is 0 Å². The second-order valence-corrected chi connectivity index (χ2v) is 7.79. The quantitative estimate of drug-likeness (QED) is 0.289. The van der Waals surface area contributed by atoms with Gasteiger partial charge in [0.15, 0.2) is 17.5 Å². The van der Waals surface area contributed by atoms with Gasteiger partial charge in [-0.1, -0.05) is 30.3 Å². The number of hydrogen-bond donors (Lipinski definition) is 2. The zero-order valence-electron chi connectivity index (χ0n) is 19.5. The predicted octanol–water partition coefficient (Wildman–Crippen LogP) is 3.23. The second kappa shape index (κ2) is 13.1. The molecule has 9 heteroatoms. The molecule has 2 unspecified atom stereocenters. The van der Waals surface area contributed by atoms with Gasteiger partial charge in [0.25, 0.3) is 0 Å². The van der Waals surface area contributed by atoms with Gasteiger partial charge in [0.05, 0.1) is 26.3 Å². The first kappa shape index (κ1) is 26.6. The fourth-order valence-electron chi connectivity index (χ4n) is 3.31. The molecule has 0 bridgehead atoms. The fourth-order valence-corrected chi connectivity index (χ4v) is 3.31. The Morgan fingerprint density at radius 1 is 1.18 bits per heavy atom. The summed E-state index contributed by atoms with van der Waals surface area (Å²) >= 11 is 0. The van der Waals surface area contributed by atoms with E-state index in [2.05, 4.69) is 15.6 Å². The van der Waals surface area contributed by atoms with Gasteiger partial charge in [0.2, 0.25) is 5.91 Å². The summed E-state index contributed by atoms with van der Waals surface area (Å²) in [6.45, 7) is 3.12. The molecule has 2 atom stereocenters. The molecule has 2 aromatic rings. The molecule has 180 valence electrons. The lowest BCUT2D eigenvalue weighted by Crippen LogP contribution is -2.44. The highest BCUT2D eigenvalue weighted by Gasteiger charge is 2.22. The van der Waals surface area contributed by atoms with Crippen LogP contribution in [0.2, 0.25) is 0 Å². The van der Waals surface area contributed by atoms with Gasteiger partial charge in [-0.3, -0.25) is 4.79 Å². The summed E-state index contributed by atoms with van der Waals surface area (Å²) in [7, 11) is 5.06. The predicted molar refractivity (Wildman–Crippen MR) is 140 cm³/mol. The minimum atomic E-state index is -0.162. The summed E-state index contributed by atoms with van der Waals surface area (Å²) in [5, 5.41) is 6.77. The Hall–Kier alpha value is -2.69. The first-order valence-electron chi connectivity index (χ1n) is 10.7. The number of ether oxygens (including phenoxy) is 3. The number of para-hydroxylation sites is 3. The number of nitrogens with zero attached hydrogens (tertiary/aromatic N) is 2. The summed E-state index contributed by atoms with van der Waals surface area (Å²) in [6, 6.07) is 15.5. The van der Waals surface area contributed by atoms with Crippen LogP contribution in [0.1, 0.15) is 24.9 Å². The van der Waals surface area contributed by atoms with Crippen LogP contribution in [0.25, 0.3) is 0 Å². The van der Waals surface area contributed by atoms with Crippen molar-refractivity contribution >= 4 is 35.8 Å². The van der Waals surface area contributed by atoms with Crippen LogP contribution in [0.15, 0.2) is 53.5 Å². The maximum atomic E-state index is 12.1. The van der Waals surface area contributed by atoms with E-state index in [4.69, 9.17) is 14.2 Å². The molecule has 1 heterocycles. The molecule has 0 aliphatic carbocycles. The molecule has 1 aliphatic heterocycles. The Morgan fingerprint density at radius 3 is 2.61 bits per heavy atom. The number of amides is 1. The summed E-state index contributed by atoms with van der Waals surface area (Å²) in [6.07, 6.45) is 0.636. The van der Waals surface area contributed by atoms with Crippen molar-refractivity contribution in [2.24, 2.45) is 4.99 Å². The molecule has 0 saturated carbocycles. The molecular weight excluding hydrogens is 535 g/mol. The molecular formula is C24H33IN4O4. The largest absolute Gasteiger partial charge is 0.493 e. The van der Waals surface area contributed by atoms with Gasteiger partial charge in [-0.25, -0.2) is 4.99 Å². The number of aliphatic imine (C=N–C) groups is 1. The highest BCUT2D eigenvalue weighted by Crippen LogP contribution is 2.31. The Bertz CT molecular complexity index is 938. The second-order valence-electron chi connectivity index (χ2n) is 7.79. The number of nitrogens with one attached hydrogen (secondary N) is 2. The van der Waals surface area contributed by atoms with Crippen LogP contribution in [0.4, 0.5) is 0 Å². The maximum absolute atomic E-state index is 12.1. The van der Waals surface area contributed by atoms with Crippen molar-refractivity contribution in [2.45, 2.75) is 25.5 Å². The molecule has 0 radical (unpaired) electrons. The number of hydrogen-bond acceptors (Lipinski definition) is 5. The van der Waals surface area contributed by atoms with Crippen LogP contribution in [-0.4, -0.2) is 63.8 Å². The molecule has 33 heavy (non-hydrogen) atoms. The maximum Gasteiger partial charge on any atom is 0.243 e. The standard InChI is InChI=1S/C24H32N4O4.HI/c1-17(32-22-12-8-7-11-21(22)30-4)15-25-24(26-16-23(29)28(2)3)27-19-13-14-31-20-10-6-5-9-18(19)20;/h5-12,17,19H,13-16H2,1-4H3,(H2,25,26,27);1H. The first-order chi connectivity index (χ1) is 15.5. The van der Waals surface area contributed by atoms with Crippen molar-refractivity contribution in [3.05, 3.63) is 54.1 Å². The molecule has 0 aromatic heterocycles. The van der Waals surface area contributed by atoms with Crippen LogP contribution in [0, 0.1) is 0 Å². The van der Waals surface area contributed by atoms with E-state index in [0.29, 0.717) is 30.6 Å². The molecule has 1 aliphatic rings. The third-order valence-electron chi connectivity index (χ3n) is 5.09. The highest BCUT2D eigenvalue weighted by atomic mass is 127. The number of rotatable bonds is 8. The van der Waals surface area contributed by atoms with Gasteiger partial charge in [0, 0.05) is 26.1 Å². The number of likely N-dealkylation sites (N-methyl/N-ethyl adjacent to an activating group) is 1. The average molecular weight is 568 g/mol. The molecule has 0 spiro atoms. The molecule has 8 nitrogen and oxygen atoms in total. The zero-order chi connectivity index (χ0) is 22.9. The van der Waals surface area contributed by atoms with Crippen molar-refractivity contribution in [1.29, 1.82) is 0 Å². The number of benzene rings is 2. The summed E-state index contributed by atoms with van der Waals surface area (Å²) in [5.41, 5.74) is 1.07. The Kier molecular flexibility index (Phi) is 10.6. The summed E-state index contributed by atoms with van der Waals surface area (Å²) in [5.74, 6) is 2.71. The van der Waals surface area contributed by atoms with Crippen molar-refractivity contribution in [1.82, 2.24) is 15.5 Å². The van der Waals surface area contributed by atoms with Crippen molar-refractivity contribution < 1.29 is 19.0 Å². The normalized spacial score (nSPS) is 15.8. The van der Waals surface area contributed by atoms with Gasteiger partial charge < -0.3 is 29.7 Å². The Labute approximate surface area is 212 Å².